The van der Waals surface area contributed by atoms with Crippen molar-refractivity contribution in [1.29, 1.82) is 0 Å². The van der Waals surface area contributed by atoms with E-state index in [4.69, 9.17) is 0 Å². The lowest BCUT2D eigenvalue weighted by Gasteiger charge is -2.11. The highest BCUT2D eigenvalue weighted by Gasteiger charge is 2.17. The van der Waals surface area contributed by atoms with Crippen molar-refractivity contribution in [1.82, 2.24) is 9.55 Å². The van der Waals surface area contributed by atoms with Crippen LogP contribution in [0.4, 0.5) is 5.69 Å². The lowest BCUT2D eigenvalue weighted by atomic mass is 10.1. The van der Waals surface area contributed by atoms with Gasteiger partial charge in [-0.3, -0.25) is 9.78 Å². The highest BCUT2D eigenvalue weighted by Crippen LogP contribution is 2.27. The summed E-state index contributed by atoms with van der Waals surface area (Å²) in [6.07, 6.45) is 0. The summed E-state index contributed by atoms with van der Waals surface area (Å²) in [5, 5.41) is 14.0. The van der Waals surface area contributed by atoms with Crippen molar-refractivity contribution in [3.8, 4) is 11.6 Å². The standard InChI is InChI=1S/C14H9N3O4/c18-12-11(16-21)13(19)17(14(20)15-12)10-7-3-5-8-4-1-2-6-9(8)10/h1-7,19H,(H,15,18,20). The van der Waals surface area contributed by atoms with Gasteiger partial charge in [0.05, 0.1) is 5.69 Å². The third kappa shape index (κ3) is 1.91. The van der Waals surface area contributed by atoms with Crippen LogP contribution in [0.5, 0.6) is 5.88 Å². The van der Waals surface area contributed by atoms with Crippen LogP contribution < -0.4 is 11.2 Å². The summed E-state index contributed by atoms with van der Waals surface area (Å²) in [7, 11) is 0. The van der Waals surface area contributed by atoms with E-state index in [0.29, 0.717) is 11.1 Å². The number of nitrogens with one attached hydrogen (secondary N) is 1. The van der Waals surface area contributed by atoms with E-state index < -0.39 is 22.8 Å². The predicted octanol–water partition coefficient (Wildman–Crippen LogP) is 1.78. The maximum Gasteiger partial charge on any atom is 0.335 e. The summed E-state index contributed by atoms with van der Waals surface area (Å²) in [6, 6.07) is 12.3. The molecule has 0 aliphatic rings. The molecule has 0 spiro atoms. The number of aromatic hydroxyl groups is 1. The summed E-state index contributed by atoms with van der Waals surface area (Å²) in [6.45, 7) is 0. The smallest absolute Gasteiger partial charge is 0.335 e. The number of rotatable bonds is 2. The van der Waals surface area contributed by atoms with Gasteiger partial charge in [0.25, 0.3) is 5.56 Å². The molecule has 0 saturated heterocycles. The van der Waals surface area contributed by atoms with E-state index in [1.807, 2.05) is 23.2 Å². The Morgan fingerprint density at radius 1 is 1.05 bits per heavy atom. The highest BCUT2D eigenvalue weighted by molar-refractivity contribution is 5.90. The molecule has 2 aromatic carbocycles. The van der Waals surface area contributed by atoms with Gasteiger partial charge in [0, 0.05) is 5.39 Å². The predicted molar refractivity (Wildman–Crippen MR) is 77.3 cm³/mol. The lowest BCUT2D eigenvalue weighted by molar-refractivity contribution is 0.433. The molecule has 21 heavy (non-hydrogen) atoms. The topological polar surface area (TPSA) is 105 Å². The minimum Gasteiger partial charge on any atom is -0.492 e. The zero-order valence-electron chi connectivity index (χ0n) is 10.6. The molecule has 0 unspecified atom stereocenters. The van der Waals surface area contributed by atoms with Gasteiger partial charge in [0.1, 0.15) is 0 Å². The Labute approximate surface area is 117 Å². The van der Waals surface area contributed by atoms with E-state index in [9.17, 15) is 19.6 Å². The molecule has 1 heterocycles. The molecule has 0 fully saturated rings. The second-order valence-electron chi connectivity index (χ2n) is 4.36. The molecule has 0 radical (unpaired) electrons. The van der Waals surface area contributed by atoms with Gasteiger partial charge in [-0.15, -0.1) is 4.91 Å². The van der Waals surface area contributed by atoms with Gasteiger partial charge in [-0.05, 0) is 16.6 Å². The molecular formula is C14H9N3O4. The zero-order valence-corrected chi connectivity index (χ0v) is 10.6. The number of hydrogen-bond donors (Lipinski definition) is 2. The molecule has 3 aromatic rings. The fourth-order valence-electron chi connectivity index (χ4n) is 2.22. The molecule has 3 rings (SSSR count). The van der Waals surface area contributed by atoms with Gasteiger partial charge in [-0.25, -0.2) is 9.36 Å². The maximum atomic E-state index is 12.0. The van der Waals surface area contributed by atoms with Crippen molar-refractivity contribution < 1.29 is 5.11 Å². The van der Waals surface area contributed by atoms with Crippen LogP contribution in [0, 0.1) is 4.91 Å². The molecule has 7 nitrogen and oxygen atoms in total. The Hall–Kier alpha value is -3.22. The number of fused-ring (bicyclic) bond motifs is 1. The first-order valence-corrected chi connectivity index (χ1v) is 6.03. The van der Waals surface area contributed by atoms with Gasteiger partial charge in [-0.1, -0.05) is 36.4 Å². The SMILES string of the molecule is O=Nc1c(O)n(-c2cccc3ccccc23)c(=O)[nH]c1=O. The summed E-state index contributed by atoms with van der Waals surface area (Å²) < 4.78 is 0.848. The van der Waals surface area contributed by atoms with Gasteiger partial charge < -0.3 is 5.11 Å². The number of H-pyrrole nitrogens is 1. The third-order valence-electron chi connectivity index (χ3n) is 3.16. The Morgan fingerprint density at radius 3 is 2.52 bits per heavy atom. The molecule has 1 aromatic heterocycles. The Balaban J connectivity index is 2.47. The monoisotopic (exact) mass is 283 g/mol. The van der Waals surface area contributed by atoms with Crippen LogP contribution in [0.25, 0.3) is 16.5 Å². The largest absolute Gasteiger partial charge is 0.492 e. The van der Waals surface area contributed by atoms with E-state index in [-0.39, 0.29) is 0 Å². The molecule has 0 atom stereocenters. The van der Waals surface area contributed by atoms with Gasteiger partial charge in [0.15, 0.2) is 0 Å². The average Bonchev–Trinajstić information content (AvgIpc) is 2.47. The molecule has 7 heteroatoms. The van der Waals surface area contributed by atoms with Crippen molar-refractivity contribution in [2.75, 3.05) is 0 Å². The maximum absolute atomic E-state index is 12.0. The summed E-state index contributed by atoms with van der Waals surface area (Å²) in [5.41, 5.74) is -2.26. The Morgan fingerprint density at radius 2 is 1.76 bits per heavy atom. The summed E-state index contributed by atoms with van der Waals surface area (Å²) in [5.74, 6) is -0.782. The molecule has 0 bridgehead atoms. The van der Waals surface area contributed by atoms with Crippen LogP contribution in [-0.4, -0.2) is 14.7 Å². The molecular weight excluding hydrogens is 274 g/mol. The first kappa shape index (κ1) is 12.8. The molecule has 0 aliphatic carbocycles. The van der Waals surface area contributed by atoms with Crippen molar-refractivity contribution >= 4 is 16.5 Å². The van der Waals surface area contributed by atoms with E-state index in [1.54, 1.807) is 24.3 Å². The number of aromatic nitrogens is 2. The number of aromatic amines is 1. The Bertz CT molecular complexity index is 967. The molecule has 0 saturated carbocycles. The first-order chi connectivity index (χ1) is 10.1. The Kier molecular flexibility index (Phi) is 2.87. The van der Waals surface area contributed by atoms with Crippen LogP contribution in [0.1, 0.15) is 0 Å². The summed E-state index contributed by atoms with van der Waals surface area (Å²) in [4.78, 5) is 36.0. The fourth-order valence-corrected chi connectivity index (χ4v) is 2.22. The number of nitroso groups, excluding NO2 is 1. The molecule has 0 amide bonds. The second kappa shape index (κ2) is 4.71. The quantitative estimate of drug-likeness (QED) is 0.699. The van der Waals surface area contributed by atoms with Gasteiger partial charge >= 0.3 is 5.69 Å². The van der Waals surface area contributed by atoms with Crippen LogP contribution >= 0.6 is 0 Å². The second-order valence-corrected chi connectivity index (χ2v) is 4.36. The first-order valence-electron chi connectivity index (χ1n) is 6.03. The van der Waals surface area contributed by atoms with E-state index in [1.165, 1.54) is 0 Å². The van der Waals surface area contributed by atoms with Gasteiger partial charge in [-0.2, -0.15) is 0 Å². The third-order valence-corrected chi connectivity index (χ3v) is 3.16. The molecule has 104 valence electrons. The van der Waals surface area contributed by atoms with E-state index in [2.05, 4.69) is 5.18 Å². The van der Waals surface area contributed by atoms with Crippen LogP contribution in [-0.2, 0) is 0 Å². The van der Waals surface area contributed by atoms with Gasteiger partial charge in [0.2, 0.25) is 11.6 Å². The molecule has 2 N–H and O–H groups in total. The average molecular weight is 283 g/mol. The van der Waals surface area contributed by atoms with E-state index in [0.717, 1.165) is 9.95 Å². The minimum absolute atomic E-state index is 0.344. The molecule has 0 aliphatic heterocycles. The van der Waals surface area contributed by atoms with Crippen LogP contribution in [0.3, 0.4) is 0 Å². The summed E-state index contributed by atoms with van der Waals surface area (Å²) >= 11 is 0. The highest BCUT2D eigenvalue weighted by atomic mass is 16.3. The number of benzene rings is 2. The minimum atomic E-state index is -1.02. The van der Waals surface area contributed by atoms with Crippen molar-refractivity contribution in [2.45, 2.75) is 0 Å². The number of nitrogens with zero attached hydrogens (tertiary/aromatic N) is 2. The van der Waals surface area contributed by atoms with Crippen LogP contribution in [0.2, 0.25) is 0 Å². The van der Waals surface area contributed by atoms with Crippen LogP contribution in [0.15, 0.2) is 57.2 Å². The number of hydrogen-bond acceptors (Lipinski definition) is 5. The normalized spacial score (nSPS) is 10.7. The lowest BCUT2D eigenvalue weighted by Crippen LogP contribution is -2.28. The zero-order chi connectivity index (χ0) is 15.0. The van der Waals surface area contributed by atoms with Crippen molar-refractivity contribution in [3.63, 3.8) is 0 Å². The fraction of sp³-hybridized carbons (Fsp3) is 0. The van der Waals surface area contributed by atoms with E-state index >= 15 is 0 Å². The van der Waals surface area contributed by atoms with Crippen molar-refractivity contribution in [2.24, 2.45) is 5.18 Å². The van der Waals surface area contributed by atoms with Crippen molar-refractivity contribution in [3.05, 3.63) is 68.2 Å².